The van der Waals surface area contributed by atoms with Gasteiger partial charge in [0, 0.05) is 16.7 Å². The predicted molar refractivity (Wildman–Crippen MR) is 109 cm³/mol. The molecular weight excluding hydrogens is 456 g/mol. The lowest BCUT2D eigenvalue weighted by Gasteiger charge is -2.24. The number of fused-ring (bicyclic) bond motifs is 2. The molecule has 12 heteroatoms. The Morgan fingerprint density at radius 2 is 1.12 bits per heavy atom. The van der Waals surface area contributed by atoms with Crippen LogP contribution in [0, 0.1) is 0 Å². The molecule has 3 aromatic rings. The third kappa shape index (κ3) is 2.79. The summed E-state index contributed by atoms with van der Waals surface area (Å²) in [6.07, 6.45) is 0. The van der Waals surface area contributed by atoms with Crippen LogP contribution in [-0.2, 0) is 0 Å². The van der Waals surface area contributed by atoms with Crippen LogP contribution >= 0.6 is 0 Å². The highest BCUT2D eigenvalue weighted by Crippen LogP contribution is 2.53. The summed E-state index contributed by atoms with van der Waals surface area (Å²) in [4.78, 5) is 49.8. The molecule has 12 nitrogen and oxygen atoms in total. The number of phenolic OH excluding ortho intramolecular Hbond substituents is 5. The van der Waals surface area contributed by atoms with Gasteiger partial charge in [-0.3, -0.25) is 9.59 Å². The van der Waals surface area contributed by atoms with E-state index in [0.29, 0.717) is 6.07 Å². The van der Waals surface area contributed by atoms with Gasteiger partial charge in [0.25, 0.3) is 0 Å². The zero-order valence-electron chi connectivity index (χ0n) is 16.5. The Kier molecular flexibility index (Phi) is 4.60. The first-order chi connectivity index (χ1) is 15.9. The number of aromatic hydroxyl groups is 6. The number of rotatable bonds is 3. The molecule has 4 rings (SSSR count). The minimum Gasteiger partial charge on any atom is -0.508 e. The monoisotopic (exact) mass is 468 g/mol. The first-order valence-electron chi connectivity index (χ1n) is 9.17. The van der Waals surface area contributed by atoms with Crippen LogP contribution in [0.25, 0.3) is 11.1 Å². The minimum absolute atomic E-state index is 0.453. The van der Waals surface area contributed by atoms with E-state index >= 15 is 0 Å². The van der Waals surface area contributed by atoms with Crippen LogP contribution in [0.15, 0.2) is 24.3 Å². The molecule has 0 aliphatic heterocycles. The third-order valence-electron chi connectivity index (χ3n) is 5.33. The number of carboxylic acid groups (broad SMARTS) is 2. The van der Waals surface area contributed by atoms with Crippen molar-refractivity contribution in [2.24, 2.45) is 0 Å². The van der Waals surface area contributed by atoms with Gasteiger partial charge in [-0.2, -0.15) is 0 Å². The Morgan fingerprint density at radius 3 is 1.71 bits per heavy atom. The largest absolute Gasteiger partial charge is 0.508 e. The van der Waals surface area contributed by atoms with Crippen molar-refractivity contribution < 1.29 is 60.0 Å². The molecule has 0 bridgehead atoms. The summed E-state index contributed by atoms with van der Waals surface area (Å²) in [5.74, 6) is -12.4. The number of carbonyl (C=O) groups is 4. The summed E-state index contributed by atoms with van der Waals surface area (Å²) >= 11 is 0. The van der Waals surface area contributed by atoms with Crippen LogP contribution in [0.5, 0.6) is 34.5 Å². The molecule has 0 fully saturated rings. The highest BCUT2D eigenvalue weighted by atomic mass is 16.4. The number of hydrogen-bond acceptors (Lipinski definition) is 10. The predicted octanol–water partition coefficient (Wildman–Crippen LogP) is 1.76. The fourth-order valence-electron chi connectivity index (χ4n) is 3.91. The fraction of sp³-hybridized carbons (Fsp3) is 0. The van der Waals surface area contributed by atoms with Gasteiger partial charge in [-0.1, -0.05) is 0 Å². The number of carbonyl (C=O) groups excluding carboxylic acids is 2. The molecule has 0 aromatic heterocycles. The summed E-state index contributed by atoms with van der Waals surface area (Å²) in [5.41, 5.74) is -7.38. The number of hydrogen-bond donors (Lipinski definition) is 8. The summed E-state index contributed by atoms with van der Waals surface area (Å²) in [6, 6.07) is 3.40. The number of phenols is 6. The minimum atomic E-state index is -1.98. The molecule has 0 spiro atoms. The molecule has 0 amide bonds. The van der Waals surface area contributed by atoms with Crippen molar-refractivity contribution >= 4 is 23.5 Å². The van der Waals surface area contributed by atoms with Crippen molar-refractivity contribution in [3.8, 4) is 45.6 Å². The second-order valence-corrected chi connectivity index (χ2v) is 7.21. The second-order valence-electron chi connectivity index (χ2n) is 7.21. The molecule has 0 saturated carbocycles. The Labute approximate surface area is 187 Å². The zero-order valence-corrected chi connectivity index (χ0v) is 16.5. The lowest BCUT2D eigenvalue weighted by atomic mass is 9.77. The van der Waals surface area contributed by atoms with Crippen LogP contribution in [0.3, 0.4) is 0 Å². The Balaban J connectivity index is 2.16. The van der Waals surface area contributed by atoms with Gasteiger partial charge in [0.2, 0.25) is 0 Å². The van der Waals surface area contributed by atoms with Crippen LogP contribution in [-0.4, -0.2) is 64.4 Å². The molecule has 0 radical (unpaired) electrons. The lowest BCUT2D eigenvalue weighted by Crippen LogP contribution is -2.26. The van der Waals surface area contributed by atoms with E-state index in [0.717, 1.165) is 18.2 Å². The van der Waals surface area contributed by atoms with Gasteiger partial charge in [-0.25, -0.2) is 9.59 Å². The van der Waals surface area contributed by atoms with Crippen molar-refractivity contribution in [3.05, 3.63) is 57.6 Å². The van der Waals surface area contributed by atoms with Crippen LogP contribution in [0.1, 0.15) is 52.6 Å². The number of ketones is 2. The van der Waals surface area contributed by atoms with Crippen molar-refractivity contribution in [1.29, 1.82) is 0 Å². The molecule has 0 unspecified atom stereocenters. The maximum absolute atomic E-state index is 13.3. The van der Waals surface area contributed by atoms with Gasteiger partial charge in [-0.05, 0) is 24.3 Å². The van der Waals surface area contributed by atoms with Gasteiger partial charge in [-0.15, -0.1) is 0 Å². The molecule has 8 N–H and O–H groups in total. The third-order valence-corrected chi connectivity index (χ3v) is 5.33. The van der Waals surface area contributed by atoms with E-state index in [1.807, 2.05) is 0 Å². The normalized spacial score (nSPS) is 12.2. The van der Waals surface area contributed by atoms with Gasteiger partial charge in [0.1, 0.15) is 28.6 Å². The van der Waals surface area contributed by atoms with Gasteiger partial charge in [0.15, 0.2) is 23.1 Å². The molecule has 34 heavy (non-hydrogen) atoms. The van der Waals surface area contributed by atoms with Crippen molar-refractivity contribution in [1.82, 2.24) is 0 Å². The molecular formula is C22H12O12. The smallest absolute Gasteiger partial charge is 0.340 e. The maximum Gasteiger partial charge on any atom is 0.340 e. The van der Waals surface area contributed by atoms with Crippen LogP contribution in [0.4, 0.5) is 0 Å². The van der Waals surface area contributed by atoms with E-state index in [1.54, 1.807) is 0 Å². The Hall–Kier alpha value is -5.26. The second kappa shape index (κ2) is 7.13. The number of aromatic carboxylic acids is 2. The average Bonchev–Trinajstić information content (AvgIpc) is 2.75. The molecule has 0 saturated heterocycles. The molecule has 3 aromatic carbocycles. The summed E-state index contributed by atoms with van der Waals surface area (Å²) in [6.45, 7) is 0. The van der Waals surface area contributed by atoms with Crippen molar-refractivity contribution in [3.63, 3.8) is 0 Å². The Morgan fingerprint density at radius 1 is 0.559 bits per heavy atom. The number of carboxylic acids is 2. The standard InChI is InChI=1S/C22H12O12/c23-5-1-2-8(24)6(3-5)11-18(28)15-14(20(30)19(11)29)16(26)7-4-9(25)12(21(31)32)13(22(33)34)10(7)17(15)27/h1-4,23-25,28-30H,(H,31,32)(H,33,34). The van der Waals surface area contributed by atoms with E-state index < -0.39 is 103 Å². The first-order valence-corrected chi connectivity index (χ1v) is 9.17. The quantitative estimate of drug-likeness (QED) is 0.159. The Bertz CT molecular complexity index is 1500. The summed E-state index contributed by atoms with van der Waals surface area (Å²) in [5, 5.41) is 80.6. The SMILES string of the molecule is O=C(O)c1c(O)cc2c(c1C(=O)O)C(=O)c1c(O)c(-c3cc(O)ccc3O)c(O)c(O)c1C2=O. The maximum atomic E-state index is 13.3. The molecule has 172 valence electrons. The summed E-state index contributed by atoms with van der Waals surface area (Å²) in [7, 11) is 0. The highest BCUT2D eigenvalue weighted by molar-refractivity contribution is 6.34. The molecule has 0 heterocycles. The van der Waals surface area contributed by atoms with Crippen LogP contribution < -0.4 is 0 Å². The van der Waals surface area contributed by atoms with Gasteiger partial charge in [0.05, 0.1) is 22.3 Å². The topological polar surface area (TPSA) is 230 Å². The van der Waals surface area contributed by atoms with Crippen molar-refractivity contribution in [2.45, 2.75) is 0 Å². The van der Waals surface area contributed by atoms with E-state index in [-0.39, 0.29) is 0 Å². The number of benzene rings is 3. The van der Waals surface area contributed by atoms with Crippen molar-refractivity contribution in [2.75, 3.05) is 0 Å². The molecule has 1 aliphatic carbocycles. The van der Waals surface area contributed by atoms with E-state index in [9.17, 15) is 60.0 Å². The first kappa shape index (κ1) is 22.0. The molecule has 0 atom stereocenters. The van der Waals surface area contributed by atoms with E-state index in [4.69, 9.17) is 0 Å². The average molecular weight is 468 g/mol. The highest BCUT2D eigenvalue weighted by Gasteiger charge is 2.43. The van der Waals surface area contributed by atoms with E-state index in [2.05, 4.69) is 0 Å². The van der Waals surface area contributed by atoms with Gasteiger partial charge >= 0.3 is 11.9 Å². The molecule has 1 aliphatic rings. The van der Waals surface area contributed by atoms with Gasteiger partial charge < -0.3 is 40.9 Å². The van der Waals surface area contributed by atoms with Crippen LogP contribution in [0.2, 0.25) is 0 Å². The lowest BCUT2D eigenvalue weighted by molar-refractivity contribution is 0.0646. The van der Waals surface area contributed by atoms with E-state index in [1.165, 1.54) is 0 Å². The summed E-state index contributed by atoms with van der Waals surface area (Å²) < 4.78 is 0. The fourth-order valence-corrected chi connectivity index (χ4v) is 3.91. The zero-order chi connectivity index (χ0) is 25.2.